The van der Waals surface area contributed by atoms with Crippen LogP contribution in [0.25, 0.3) is 0 Å². The number of hydrogen-bond donors (Lipinski definition) is 2. The largest absolute Gasteiger partial charge is 0.480 e. The van der Waals surface area contributed by atoms with E-state index in [9.17, 15) is 14.7 Å². The summed E-state index contributed by atoms with van der Waals surface area (Å²) in [7, 11) is 1.69. The van der Waals surface area contributed by atoms with E-state index in [4.69, 9.17) is 5.11 Å². The molecule has 2 unspecified atom stereocenters. The maximum atomic E-state index is 12.3. The van der Waals surface area contributed by atoms with Gasteiger partial charge in [-0.15, -0.1) is 0 Å². The summed E-state index contributed by atoms with van der Waals surface area (Å²) in [4.78, 5) is 26.3. The van der Waals surface area contributed by atoms with E-state index in [0.717, 1.165) is 12.2 Å². The van der Waals surface area contributed by atoms with Gasteiger partial charge in [-0.25, -0.2) is 9.59 Å². The highest BCUT2D eigenvalue weighted by atomic mass is 32.2. The van der Waals surface area contributed by atoms with Gasteiger partial charge in [0.1, 0.15) is 6.04 Å². The lowest BCUT2D eigenvalue weighted by atomic mass is 10.2. The van der Waals surface area contributed by atoms with Gasteiger partial charge in [0.15, 0.2) is 0 Å². The van der Waals surface area contributed by atoms with E-state index in [0.29, 0.717) is 0 Å². The lowest BCUT2D eigenvalue weighted by molar-refractivity contribution is -0.141. The molecule has 19 heavy (non-hydrogen) atoms. The second-order valence-corrected chi connectivity index (χ2v) is 5.72. The van der Waals surface area contributed by atoms with Gasteiger partial charge in [-0.1, -0.05) is 6.92 Å². The predicted octanol–water partition coefficient (Wildman–Crippen LogP) is 0.700. The van der Waals surface area contributed by atoms with Crippen molar-refractivity contribution in [2.24, 2.45) is 0 Å². The minimum absolute atomic E-state index is 0.0784. The lowest BCUT2D eigenvalue weighted by Crippen LogP contribution is -2.50. The summed E-state index contributed by atoms with van der Waals surface area (Å²) in [5.41, 5.74) is 0. The van der Waals surface area contributed by atoms with Gasteiger partial charge in [-0.3, -0.25) is 0 Å². The molecule has 0 aromatic carbocycles. The Morgan fingerprint density at radius 1 is 1.53 bits per heavy atom. The second-order valence-electron chi connectivity index (χ2n) is 4.81. The Hall–Kier alpha value is -0.950. The first-order valence-corrected chi connectivity index (χ1v) is 7.74. The number of carboxylic acid groups (broad SMARTS) is 1. The van der Waals surface area contributed by atoms with Gasteiger partial charge >= 0.3 is 12.0 Å². The molecule has 0 bridgehead atoms. The molecular weight excluding hydrogens is 268 g/mol. The third-order valence-electron chi connectivity index (χ3n) is 3.49. The Morgan fingerprint density at radius 2 is 2.16 bits per heavy atom. The maximum absolute atomic E-state index is 12.3. The summed E-state index contributed by atoms with van der Waals surface area (Å²) in [6.45, 7) is 2.09. The number of thioether (sulfide) groups is 1. The minimum atomic E-state index is -1.06. The van der Waals surface area contributed by atoms with Crippen molar-refractivity contribution in [1.82, 2.24) is 9.80 Å². The van der Waals surface area contributed by atoms with Crippen molar-refractivity contribution >= 4 is 23.8 Å². The van der Waals surface area contributed by atoms with Crippen LogP contribution in [0, 0.1) is 0 Å². The molecule has 1 rings (SSSR count). The number of carboxylic acids is 1. The van der Waals surface area contributed by atoms with Gasteiger partial charge in [0.2, 0.25) is 0 Å². The highest BCUT2D eigenvalue weighted by Gasteiger charge is 2.40. The van der Waals surface area contributed by atoms with Gasteiger partial charge in [0.25, 0.3) is 0 Å². The van der Waals surface area contributed by atoms with Crippen molar-refractivity contribution in [3.05, 3.63) is 0 Å². The maximum Gasteiger partial charge on any atom is 0.326 e. The van der Waals surface area contributed by atoms with Crippen molar-refractivity contribution in [3.8, 4) is 0 Å². The molecule has 2 N–H and O–H groups in total. The number of aliphatic hydroxyl groups excluding tert-OH is 1. The smallest absolute Gasteiger partial charge is 0.326 e. The summed E-state index contributed by atoms with van der Waals surface area (Å²) in [5, 5.41) is 18.7. The fraction of sp³-hybridized carbons (Fsp3) is 0.833. The molecule has 0 aromatic rings. The number of urea groups is 1. The molecule has 1 saturated heterocycles. The van der Waals surface area contributed by atoms with Crippen LogP contribution < -0.4 is 0 Å². The summed E-state index contributed by atoms with van der Waals surface area (Å²) in [5.74, 6) is -0.247. The zero-order valence-corrected chi connectivity index (χ0v) is 12.4. The van der Waals surface area contributed by atoms with Crippen LogP contribution in [0.4, 0.5) is 4.79 Å². The van der Waals surface area contributed by atoms with E-state index in [1.54, 1.807) is 23.7 Å². The number of aliphatic hydroxyl groups is 1. The Labute approximate surface area is 117 Å². The molecule has 0 spiro atoms. The predicted molar refractivity (Wildman–Crippen MR) is 74.4 cm³/mol. The number of likely N-dealkylation sites (tertiary alicyclic amines) is 1. The molecule has 1 aliphatic heterocycles. The van der Waals surface area contributed by atoms with E-state index in [-0.39, 0.29) is 25.0 Å². The molecule has 0 aromatic heterocycles. The minimum Gasteiger partial charge on any atom is -0.480 e. The van der Waals surface area contributed by atoms with Crippen molar-refractivity contribution in [3.63, 3.8) is 0 Å². The average Bonchev–Trinajstić information content (AvgIpc) is 2.76. The first-order valence-electron chi connectivity index (χ1n) is 6.35. The van der Waals surface area contributed by atoms with Crippen LogP contribution in [0.2, 0.25) is 0 Å². The molecule has 1 aliphatic rings. The van der Waals surface area contributed by atoms with Crippen LogP contribution in [-0.4, -0.2) is 75.8 Å². The molecule has 2 amide bonds. The number of aliphatic carboxylic acids is 1. The van der Waals surface area contributed by atoms with E-state index >= 15 is 0 Å². The van der Waals surface area contributed by atoms with Crippen molar-refractivity contribution in [1.29, 1.82) is 0 Å². The third kappa shape index (κ3) is 3.76. The normalized spacial score (nSPS) is 24.3. The summed E-state index contributed by atoms with van der Waals surface area (Å²) >= 11 is 1.65. The van der Waals surface area contributed by atoms with Crippen LogP contribution >= 0.6 is 11.8 Å². The molecule has 7 heteroatoms. The average molecular weight is 290 g/mol. The highest BCUT2D eigenvalue weighted by molar-refractivity contribution is 7.98. The second kappa shape index (κ2) is 7.00. The number of β-amino-alcohol motifs (C(OH)–C–C–N with tert-alkyl or cyclic N) is 1. The monoisotopic (exact) mass is 290 g/mol. The van der Waals surface area contributed by atoms with E-state index in [2.05, 4.69) is 0 Å². The Morgan fingerprint density at radius 3 is 2.63 bits per heavy atom. The number of nitrogens with zero attached hydrogens (tertiary/aromatic N) is 2. The summed E-state index contributed by atoms with van der Waals surface area (Å²) in [6, 6.07) is -1.16. The molecule has 1 fully saturated rings. The summed E-state index contributed by atoms with van der Waals surface area (Å²) < 4.78 is 0. The van der Waals surface area contributed by atoms with Crippen LogP contribution in [0.3, 0.4) is 0 Å². The van der Waals surface area contributed by atoms with Crippen LogP contribution in [0.15, 0.2) is 0 Å². The number of carbonyl (C=O) groups is 2. The molecule has 0 radical (unpaired) electrons. The van der Waals surface area contributed by atoms with Gasteiger partial charge in [0, 0.05) is 31.8 Å². The Balaban J connectivity index is 2.77. The first-order chi connectivity index (χ1) is 8.92. The molecule has 3 atom stereocenters. The molecule has 0 aliphatic carbocycles. The van der Waals surface area contributed by atoms with Crippen molar-refractivity contribution in [2.45, 2.75) is 38.0 Å². The van der Waals surface area contributed by atoms with Gasteiger partial charge < -0.3 is 20.0 Å². The lowest BCUT2D eigenvalue weighted by Gasteiger charge is -2.32. The molecule has 6 nitrogen and oxygen atoms in total. The van der Waals surface area contributed by atoms with E-state index < -0.39 is 18.1 Å². The van der Waals surface area contributed by atoms with Gasteiger partial charge in [-0.05, 0) is 12.7 Å². The Bertz CT molecular complexity index is 340. The van der Waals surface area contributed by atoms with Crippen LogP contribution in [0.1, 0.15) is 19.8 Å². The van der Waals surface area contributed by atoms with E-state index in [1.807, 2.05) is 13.2 Å². The van der Waals surface area contributed by atoms with Crippen LogP contribution in [-0.2, 0) is 4.79 Å². The highest BCUT2D eigenvalue weighted by Crippen LogP contribution is 2.21. The fourth-order valence-electron chi connectivity index (χ4n) is 2.31. The zero-order valence-electron chi connectivity index (χ0n) is 11.6. The number of carbonyl (C=O) groups excluding carboxylic acids is 1. The third-order valence-corrected chi connectivity index (χ3v) is 4.21. The number of rotatable bonds is 5. The molecule has 0 saturated carbocycles. The quantitative estimate of drug-likeness (QED) is 0.779. The molecular formula is C12H22N2O4S. The van der Waals surface area contributed by atoms with E-state index in [1.165, 1.54) is 4.90 Å². The van der Waals surface area contributed by atoms with Crippen LogP contribution in [0.5, 0.6) is 0 Å². The topological polar surface area (TPSA) is 81.1 Å². The standard InChI is InChI=1S/C12H22N2O4S/c1-4-8(7-19-3)13(2)12(18)14-6-9(15)5-10(14)11(16)17/h8-10,15H,4-7H2,1-3H3,(H,16,17)/t8?,9?,10-/m0/s1. The molecule has 110 valence electrons. The SMILES string of the molecule is CCC(CSC)N(C)C(=O)N1CC(O)C[C@H]1C(=O)O. The summed E-state index contributed by atoms with van der Waals surface area (Å²) in [6.07, 6.45) is 2.14. The first kappa shape index (κ1) is 16.1. The zero-order chi connectivity index (χ0) is 14.6. The van der Waals surface area contributed by atoms with Crippen molar-refractivity contribution < 1.29 is 19.8 Å². The van der Waals surface area contributed by atoms with Gasteiger partial charge in [0.05, 0.1) is 6.10 Å². The fourth-order valence-corrected chi connectivity index (χ4v) is 3.16. The van der Waals surface area contributed by atoms with Crippen molar-refractivity contribution in [2.75, 3.05) is 25.6 Å². The number of hydrogen-bond acceptors (Lipinski definition) is 4. The van der Waals surface area contributed by atoms with Gasteiger partial charge in [-0.2, -0.15) is 11.8 Å². The molecule has 1 heterocycles. The number of amides is 2. The Kier molecular flexibility index (Phi) is 5.93.